The van der Waals surface area contributed by atoms with E-state index in [0.717, 1.165) is 0 Å². The minimum absolute atomic E-state index is 0.0180. The van der Waals surface area contributed by atoms with Crippen molar-refractivity contribution in [3.8, 4) is 0 Å². The SMILES string of the molecule is Nc1ncnc2c1ncn2[C@@H]1O[C@H](COP(=O)(S)O[C@@H]2[C@H](O)[C@@H](OP(=O)(O)S)C[C@H]2n2cnc3c(=O)n4cc[nH]c4nc32)C[C@H]1F. The number of aliphatic hydroxyl groups excluding tert-OH is 1. The molecule has 46 heavy (non-hydrogen) atoms. The average Bonchev–Trinajstić information content (AvgIpc) is 3.80. The number of H-pyrrole nitrogens is 1. The maximum atomic E-state index is 15.1. The fourth-order valence-corrected chi connectivity index (χ4v) is 8.20. The Morgan fingerprint density at radius 1 is 1.11 bits per heavy atom. The number of alkyl halides is 1. The Hall–Kier alpha value is -2.91. The molecule has 2 unspecified atom stereocenters. The second-order valence-electron chi connectivity index (χ2n) is 10.6. The molecular formula is C22H25FN10O9P2S2. The van der Waals surface area contributed by atoms with Crippen LogP contribution in [0.2, 0.25) is 0 Å². The van der Waals surface area contributed by atoms with E-state index in [4.69, 9.17) is 24.0 Å². The molecule has 2 fully saturated rings. The van der Waals surface area contributed by atoms with Crippen LogP contribution in [0.4, 0.5) is 10.2 Å². The van der Waals surface area contributed by atoms with Gasteiger partial charge in [-0.2, -0.15) is 4.98 Å². The molecule has 0 amide bonds. The molecule has 246 valence electrons. The summed E-state index contributed by atoms with van der Waals surface area (Å²) in [6, 6.07) is -0.996. The molecule has 1 saturated heterocycles. The summed E-state index contributed by atoms with van der Waals surface area (Å²) in [6.45, 7) is -9.18. The van der Waals surface area contributed by atoms with Gasteiger partial charge in [-0.05, 0) is 0 Å². The number of aromatic nitrogens is 9. The van der Waals surface area contributed by atoms with Gasteiger partial charge in [-0.3, -0.25) is 27.3 Å². The van der Waals surface area contributed by atoms with Crippen molar-refractivity contribution >= 4 is 72.0 Å². The molecule has 5 aromatic heterocycles. The van der Waals surface area contributed by atoms with Crippen LogP contribution < -0.4 is 11.3 Å². The number of anilines is 1. The second kappa shape index (κ2) is 11.7. The number of hydrogen-bond acceptors (Lipinski definition) is 14. The van der Waals surface area contributed by atoms with Gasteiger partial charge in [0.05, 0.1) is 37.5 Å². The number of rotatable bonds is 9. The fourth-order valence-electron chi connectivity index (χ4n) is 5.76. The molecule has 2 aliphatic rings. The first-order chi connectivity index (χ1) is 21.8. The molecule has 1 aliphatic carbocycles. The van der Waals surface area contributed by atoms with Gasteiger partial charge >= 0.3 is 13.6 Å². The van der Waals surface area contributed by atoms with Crippen molar-refractivity contribution in [2.24, 2.45) is 0 Å². The molecule has 24 heteroatoms. The molecule has 0 aromatic carbocycles. The third-order valence-electron chi connectivity index (χ3n) is 7.73. The summed E-state index contributed by atoms with van der Waals surface area (Å²) in [7, 11) is 0. The van der Waals surface area contributed by atoms with Crippen LogP contribution >= 0.6 is 38.1 Å². The minimum atomic E-state index is -4.40. The first-order valence-corrected chi connectivity index (χ1v) is 18.9. The quantitative estimate of drug-likeness (QED) is 0.0935. The van der Waals surface area contributed by atoms with E-state index < -0.39 is 68.6 Å². The monoisotopic (exact) mass is 718 g/mol. The van der Waals surface area contributed by atoms with Gasteiger partial charge in [-0.15, -0.1) is 0 Å². The lowest BCUT2D eigenvalue weighted by Gasteiger charge is -2.27. The number of aliphatic hydroxyl groups is 1. The first kappa shape index (κ1) is 31.7. The van der Waals surface area contributed by atoms with Crippen molar-refractivity contribution in [1.82, 2.24) is 43.4 Å². The number of nitrogen functional groups attached to an aromatic ring is 1. The Kier molecular flexibility index (Phi) is 8.03. The number of imidazole rings is 3. The van der Waals surface area contributed by atoms with Crippen LogP contribution in [0.15, 0.2) is 36.2 Å². The van der Waals surface area contributed by atoms with Crippen LogP contribution in [-0.4, -0.2) is 90.6 Å². The smallest absolute Gasteiger partial charge is 0.386 e. The summed E-state index contributed by atoms with van der Waals surface area (Å²) in [5.41, 5.74) is 5.94. The van der Waals surface area contributed by atoms with Gasteiger partial charge in [0, 0.05) is 25.2 Å². The maximum Gasteiger partial charge on any atom is 0.386 e. The van der Waals surface area contributed by atoms with Crippen LogP contribution in [0.25, 0.3) is 28.1 Å². The van der Waals surface area contributed by atoms with Gasteiger partial charge in [0.25, 0.3) is 5.56 Å². The van der Waals surface area contributed by atoms with Crippen LogP contribution in [0.3, 0.4) is 0 Å². The number of ether oxygens (including phenoxy) is 1. The largest absolute Gasteiger partial charge is 0.388 e. The van der Waals surface area contributed by atoms with Crippen LogP contribution in [0.1, 0.15) is 25.1 Å². The maximum absolute atomic E-state index is 15.1. The highest BCUT2D eigenvalue weighted by Crippen LogP contribution is 2.59. The molecule has 0 bridgehead atoms. The summed E-state index contributed by atoms with van der Waals surface area (Å²) in [4.78, 5) is 46.1. The lowest BCUT2D eigenvalue weighted by Crippen LogP contribution is -2.34. The molecule has 6 heterocycles. The summed E-state index contributed by atoms with van der Waals surface area (Å²) in [5.74, 6) is 0.313. The average molecular weight is 719 g/mol. The molecule has 19 nitrogen and oxygen atoms in total. The van der Waals surface area contributed by atoms with Gasteiger partial charge in [0.2, 0.25) is 5.78 Å². The number of nitrogens with zero attached hydrogens (tertiary/aromatic N) is 8. The zero-order valence-electron chi connectivity index (χ0n) is 23.1. The van der Waals surface area contributed by atoms with E-state index in [1.54, 1.807) is 0 Å². The van der Waals surface area contributed by atoms with Gasteiger partial charge in [-0.25, -0.2) is 33.5 Å². The predicted octanol–water partition coefficient (Wildman–Crippen LogP) is 1.58. The Morgan fingerprint density at radius 3 is 2.65 bits per heavy atom. The van der Waals surface area contributed by atoms with E-state index in [-0.39, 0.29) is 46.8 Å². The molecule has 5 N–H and O–H groups in total. The number of fused-ring (bicyclic) bond motifs is 3. The highest BCUT2D eigenvalue weighted by Gasteiger charge is 2.50. The van der Waals surface area contributed by atoms with E-state index in [2.05, 4.69) is 54.4 Å². The van der Waals surface area contributed by atoms with Gasteiger partial charge in [0.15, 0.2) is 28.9 Å². The second-order valence-corrected chi connectivity index (χ2v) is 16.2. The highest BCUT2D eigenvalue weighted by molar-refractivity contribution is 8.44. The molecular weight excluding hydrogens is 693 g/mol. The summed E-state index contributed by atoms with van der Waals surface area (Å²) in [5, 5.41) is 11.1. The zero-order chi connectivity index (χ0) is 32.5. The Morgan fingerprint density at radius 2 is 1.87 bits per heavy atom. The van der Waals surface area contributed by atoms with Crippen LogP contribution in [-0.2, 0) is 27.4 Å². The summed E-state index contributed by atoms with van der Waals surface area (Å²) in [6.07, 6.45) is -1.52. The van der Waals surface area contributed by atoms with E-state index in [1.807, 2.05) is 0 Å². The first-order valence-electron chi connectivity index (χ1n) is 13.5. The lowest BCUT2D eigenvalue weighted by molar-refractivity contribution is -0.0379. The van der Waals surface area contributed by atoms with Crippen molar-refractivity contribution in [3.63, 3.8) is 0 Å². The number of thiol groups is 2. The van der Waals surface area contributed by atoms with Gasteiger partial charge in [0.1, 0.15) is 30.2 Å². The third kappa shape index (κ3) is 5.76. The Labute approximate surface area is 266 Å². The molecule has 5 aromatic rings. The van der Waals surface area contributed by atoms with Crippen LogP contribution in [0, 0.1) is 0 Å². The minimum Gasteiger partial charge on any atom is -0.388 e. The fraction of sp³-hybridized carbons (Fsp3) is 0.455. The number of nitrogens with one attached hydrogen (secondary N) is 1. The van der Waals surface area contributed by atoms with Crippen molar-refractivity contribution in [3.05, 3.63) is 41.7 Å². The van der Waals surface area contributed by atoms with E-state index in [1.165, 1.54) is 44.9 Å². The van der Waals surface area contributed by atoms with Crippen molar-refractivity contribution in [2.45, 2.75) is 55.7 Å². The highest BCUT2D eigenvalue weighted by atomic mass is 32.7. The molecule has 0 spiro atoms. The number of nitrogens with two attached hydrogens (primary N) is 1. The molecule has 9 atom stereocenters. The standard InChI is InChI=1S/C22H25FN10O9P2S2/c23-10-3-9(40-21(10)33-8-28-13-17(24)26-6-27-18(13)33)5-39-44(38,46)42-16-11(4-12(15(16)34)41-43(36,37)45)32-7-29-14-19(32)30-22-25-1-2-31(22)20(14)35/h1-2,6-12,15-16,21,34H,3-5H2,(H,25,30)(H,38,46)(H2,24,26,27)(H2,36,37,45)/t9-,10+,11+,12-,15+,16-,21+,44?/m0/s1. The van der Waals surface area contributed by atoms with Crippen LogP contribution in [0.5, 0.6) is 0 Å². The van der Waals surface area contributed by atoms with Gasteiger partial charge < -0.3 is 30.0 Å². The lowest BCUT2D eigenvalue weighted by atomic mass is 10.2. The van der Waals surface area contributed by atoms with Gasteiger partial charge in [-0.1, -0.05) is 24.5 Å². The molecule has 7 rings (SSSR count). The van der Waals surface area contributed by atoms with Crippen molar-refractivity contribution < 1.29 is 41.8 Å². The summed E-state index contributed by atoms with van der Waals surface area (Å²) < 4.78 is 66.6. The molecule has 0 radical (unpaired) electrons. The predicted molar refractivity (Wildman–Crippen MR) is 163 cm³/mol. The molecule has 1 aliphatic heterocycles. The van der Waals surface area contributed by atoms with Crippen molar-refractivity contribution in [2.75, 3.05) is 12.3 Å². The Balaban J connectivity index is 1.11. The number of hydrogen-bond donors (Lipinski definition) is 6. The molecule has 1 saturated carbocycles. The zero-order valence-corrected chi connectivity index (χ0v) is 26.7. The van der Waals surface area contributed by atoms with E-state index in [0.29, 0.717) is 0 Å². The number of halogens is 1. The summed E-state index contributed by atoms with van der Waals surface area (Å²) >= 11 is 7.61. The number of aromatic amines is 1. The Bertz CT molecular complexity index is 2100. The van der Waals surface area contributed by atoms with E-state index in [9.17, 15) is 23.9 Å². The topological polar surface area (TPSA) is 249 Å². The normalized spacial score (nSPS) is 29.5. The van der Waals surface area contributed by atoms with E-state index >= 15 is 4.39 Å². The van der Waals surface area contributed by atoms with Crippen molar-refractivity contribution in [1.29, 1.82) is 0 Å². The third-order valence-corrected chi connectivity index (χ3v) is 10.2.